The topological polar surface area (TPSA) is 87.3 Å². The highest BCUT2D eigenvalue weighted by Crippen LogP contribution is 2.37. The van der Waals surface area contributed by atoms with Gasteiger partial charge in [-0.1, -0.05) is 121 Å². The van der Waals surface area contributed by atoms with Gasteiger partial charge >= 0.3 is 0 Å². The van der Waals surface area contributed by atoms with Crippen LogP contribution in [0.2, 0.25) is 0 Å². The molecule has 3 amide bonds. The molecular formula is C43H35N3O3S. The number of nitrogens with one attached hydrogen (secondary N) is 3. The van der Waals surface area contributed by atoms with Crippen LogP contribution in [-0.4, -0.2) is 17.7 Å². The molecular weight excluding hydrogens is 639 g/mol. The summed E-state index contributed by atoms with van der Waals surface area (Å²) < 4.78 is 0. The molecule has 0 saturated carbocycles. The van der Waals surface area contributed by atoms with Crippen LogP contribution in [0.1, 0.15) is 32.3 Å². The summed E-state index contributed by atoms with van der Waals surface area (Å²) in [6.07, 6.45) is 1.66. The Morgan fingerprint density at radius 2 is 1.18 bits per heavy atom. The van der Waals surface area contributed by atoms with E-state index in [-0.39, 0.29) is 11.6 Å². The van der Waals surface area contributed by atoms with Gasteiger partial charge < -0.3 is 16.0 Å². The standard InChI is InChI=1S/C43H35N3O3S/c1-30-13-11-12-20-38(30)45-43(49)40(34-16-7-3-8-17-34)50-37-27-25-36(26-28-37)44-42(48)39(46-41(47)35-18-9-4-10-19-35)29-31-21-23-33(24-22-31)32-14-5-2-6-15-32/h2-29,40H,1H3,(H,44,48)(H,45,49)(H,46,47)/b39-29-. The third-order valence-corrected chi connectivity index (χ3v) is 9.23. The third kappa shape index (κ3) is 8.83. The zero-order valence-electron chi connectivity index (χ0n) is 27.4. The summed E-state index contributed by atoms with van der Waals surface area (Å²) in [4.78, 5) is 41.2. The van der Waals surface area contributed by atoms with E-state index in [1.807, 2.05) is 134 Å². The van der Waals surface area contributed by atoms with E-state index in [0.717, 1.165) is 38.4 Å². The zero-order valence-corrected chi connectivity index (χ0v) is 28.2. The van der Waals surface area contributed by atoms with Crippen LogP contribution in [0.25, 0.3) is 17.2 Å². The summed E-state index contributed by atoms with van der Waals surface area (Å²) in [5.74, 6) is -0.995. The summed E-state index contributed by atoms with van der Waals surface area (Å²) in [6.45, 7) is 1.96. The Kier molecular flexibility index (Phi) is 11.0. The predicted molar refractivity (Wildman–Crippen MR) is 204 cm³/mol. The summed E-state index contributed by atoms with van der Waals surface area (Å²) in [5, 5.41) is 8.29. The van der Waals surface area contributed by atoms with Crippen molar-refractivity contribution in [1.29, 1.82) is 0 Å². The molecule has 6 rings (SSSR count). The Morgan fingerprint density at radius 1 is 0.600 bits per heavy atom. The van der Waals surface area contributed by atoms with Crippen molar-refractivity contribution in [2.75, 3.05) is 10.6 Å². The van der Waals surface area contributed by atoms with Crippen LogP contribution in [-0.2, 0) is 9.59 Å². The largest absolute Gasteiger partial charge is 0.325 e. The average Bonchev–Trinajstić information content (AvgIpc) is 3.16. The Bertz CT molecular complexity index is 2100. The molecule has 0 aliphatic carbocycles. The maximum absolute atomic E-state index is 13.7. The van der Waals surface area contributed by atoms with Gasteiger partial charge in [0, 0.05) is 21.8 Å². The second-order valence-electron chi connectivity index (χ2n) is 11.6. The molecule has 6 aromatic rings. The number of thioether (sulfide) groups is 1. The molecule has 3 N–H and O–H groups in total. The van der Waals surface area contributed by atoms with Crippen molar-refractivity contribution >= 4 is 46.9 Å². The van der Waals surface area contributed by atoms with E-state index >= 15 is 0 Å². The minimum absolute atomic E-state index is 0.0989. The van der Waals surface area contributed by atoms with Crippen molar-refractivity contribution in [1.82, 2.24) is 5.32 Å². The van der Waals surface area contributed by atoms with Gasteiger partial charge in [-0.25, -0.2) is 0 Å². The van der Waals surface area contributed by atoms with E-state index in [9.17, 15) is 14.4 Å². The second kappa shape index (κ2) is 16.3. The molecule has 0 saturated heterocycles. The Balaban J connectivity index is 1.20. The molecule has 7 heteroatoms. The molecule has 1 unspecified atom stereocenters. The van der Waals surface area contributed by atoms with E-state index < -0.39 is 17.1 Å². The van der Waals surface area contributed by atoms with Crippen molar-refractivity contribution in [2.45, 2.75) is 17.1 Å². The average molecular weight is 674 g/mol. The molecule has 50 heavy (non-hydrogen) atoms. The number of hydrogen-bond acceptors (Lipinski definition) is 4. The van der Waals surface area contributed by atoms with Crippen LogP contribution in [0.5, 0.6) is 0 Å². The molecule has 0 radical (unpaired) electrons. The lowest BCUT2D eigenvalue weighted by Crippen LogP contribution is -2.30. The van der Waals surface area contributed by atoms with Gasteiger partial charge in [0.05, 0.1) is 0 Å². The zero-order chi connectivity index (χ0) is 34.7. The molecule has 1 atom stereocenters. The Morgan fingerprint density at radius 3 is 1.84 bits per heavy atom. The lowest BCUT2D eigenvalue weighted by molar-refractivity contribution is -0.116. The van der Waals surface area contributed by atoms with Gasteiger partial charge in [-0.2, -0.15) is 0 Å². The minimum Gasteiger partial charge on any atom is -0.325 e. The molecule has 0 aliphatic heterocycles. The highest BCUT2D eigenvalue weighted by atomic mass is 32.2. The summed E-state index contributed by atoms with van der Waals surface area (Å²) >= 11 is 1.42. The monoisotopic (exact) mass is 673 g/mol. The SMILES string of the molecule is Cc1ccccc1NC(=O)C(Sc1ccc(NC(=O)/C(=C/c2ccc(-c3ccccc3)cc2)NC(=O)c2ccccc2)cc1)c1ccccc1. The molecule has 0 heterocycles. The maximum Gasteiger partial charge on any atom is 0.272 e. The van der Waals surface area contributed by atoms with Crippen molar-refractivity contribution < 1.29 is 14.4 Å². The second-order valence-corrected chi connectivity index (χ2v) is 12.7. The van der Waals surface area contributed by atoms with Gasteiger partial charge in [0.25, 0.3) is 11.8 Å². The lowest BCUT2D eigenvalue weighted by atomic mass is 10.0. The van der Waals surface area contributed by atoms with E-state index in [1.54, 1.807) is 42.5 Å². The summed E-state index contributed by atoms with van der Waals surface area (Å²) in [6, 6.07) is 51.2. The number of benzene rings is 6. The highest BCUT2D eigenvalue weighted by molar-refractivity contribution is 8.00. The molecule has 0 spiro atoms. The van der Waals surface area contributed by atoms with Crippen LogP contribution in [0.3, 0.4) is 0 Å². The lowest BCUT2D eigenvalue weighted by Gasteiger charge is -2.18. The summed E-state index contributed by atoms with van der Waals surface area (Å²) in [7, 11) is 0. The van der Waals surface area contributed by atoms with Crippen molar-refractivity contribution in [2.24, 2.45) is 0 Å². The molecule has 0 fully saturated rings. The van der Waals surface area contributed by atoms with Crippen molar-refractivity contribution in [3.63, 3.8) is 0 Å². The molecule has 0 bridgehead atoms. The van der Waals surface area contributed by atoms with Crippen LogP contribution in [0.15, 0.2) is 174 Å². The van der Waals surface area contributed by atoms with E-state index in [0.29, 0.717) is 11.3 Å². The number of rotatable bonds is 11. The van der Waals surface area contributed by atoms with E-state index in [1.165, 1.54) is 11.8 Å². The van der Waals surface area contributed by atoms with Gasteiger partial charge in [-0.3, -0.25) is 14.4 Å². The first kappa shape index (κ1) is 33.7. The van der Waals surface area contributed by atoms with E-state index in [4.69, 9.17) is 0 Å². The fourth-order valence-electron chi connectivity index (χ4n) is 5.28. The molecule has 0 aromatic heterocycles. The number of amides is 3. The third-order valence-electron chi connectivity index (χ3n) is 7.97. The number of aryl methyl sites for hydroxylation is 1. The minimum atomic E-state index is -0.507. The van der Waals surface area contributed by atoms with Crippen LogP contribution < -0.4 is 16.0 Å². The fraction of sp³-hybridized carbons (Fsp3) is 0.0465. The maximum atomic E-state index is 13.7. The highest BCUT2D eigenvalue weighted by Gasteiger charge is 2.23. The molecule has 246 valence electrons. The Hall–Kier alpha value is -6.18. The molecule has 6 nitrogen and oxygen atoms in total. The van der Waals surface area contributed by atoms with Crippen LogP contribution >= 0.6 is 11.8 Å². The van der Waals surface area contributed by atoms with Gasteiger partial charge in [0.1, 0.15) is 10.9 Å². The first-order valence-corrected chi connectivity index (χ1v) is 17.0. The van der Waals surface area contributed by atoms with Crippen molar-refractivity contribution in [3.05, 3.63) is 192 Å². The number of anilines is 2. The summed E-state index contributed by atoms with van der Waals surface area (Å²) in [5.41, 5.74) is 6.59. The van der Waals surface area contributed by atoms with Gasteiger partial charge in [0.2, 0.25) is 5.91 Å². The number of para-hydroxylation sites is 1. The van der Waals surface area contributed by atoms with Crippen molar-refractivity contribution in [3.8, 4) is 11.1 Å². The smallest absolute Gasteiger partial charge is 0.272 e. The van der Waals surface area contributed by atoms with E-state index in [2.05, 4.69) is 16.0 Å². The first-order valence-electron chi connectivity index (χ1n) is 16.2. The first-order chi connectivity index (χ1) is 24.4. The van der Waals surface area contributed by atoms with Gasteiger partial charge in [0.15, 0.2) is 0 Å². The number of carbonyl (C=O) groups is 3. The van der Waals surface area contributed by atoms with Gasteiger partial charge in [-0.05, 0) is 83.3 Å². The molecule has 6 aromatic carbocycles. The normalized spacial score (nSPS) is 11.7. The Labute approximate surface area is 296 Å². The van der Waals surface area contributed by atoms with Crippen LogP contribution in [0, 0.1) is 6.92 Å². The van der Waals surface area contributed by atoms with Gasteiger partial charge in [-0.15, -0.1) is 11.8 Å². The quantitative estimate of drug-likeness (QED) is 0.0945. The number of carbonyl (C=O) groups excluding carboxylic acids is 3. The predicted octanol–water partition coefficient (Wildman–Crippen LogP) is 9.54. The van der Waals surface area contributed by atoms with Crippen LogP contribution in [0.4, 0.5) is 11.4 Å². The fourth-order valence-corrected chi connectivity index (χ4v) is 6.30. The molecule has 0 aliphatic rings. The number of hydrogen-bond donors (Lipinski definition) is 3.